The van der Waals surface area contributed by atoms with Crippen LogP contribution in [-0.2, 0) is 0 Å². The minimum absolute atomic E-state index is 0.248. The fourth-order valence-electron chi connectivity index (χ4n) is 1.67. The summed E-state index contributed by atoms with van der Waals surface area (Å²) >= 11 is 0. The Morgan fingerprint density at radius 1 is 1.58 bits per heavy atom. The first-order valence-corrected chi connectivity index (χ1v) is 4.50. The van der Waals surface area contributed by atoms with Crippen LogP contribution in [0.2, 0.25) is 0 Å². The lowest BCUT2D eigenvalue weighted by Gasteiger charge is -2.28. The van der Waals surface area contributed by atoms with E-state index in [-0.39, 0.29) is 5.41 Å². The van der Waals surface area contributed by atoms with E-state index in [9.17, 15) is 0 Å². The van der Waals surface area contributed by atoms with Crippen molar-refractivity contribution in [3.05, 3.63) is 23.9 Å². The van der Waals surface area contributed by atoms with Crippen molar-refractivity contribution in [2.45, 2.75) is 26.2 Å². The first-order chi connectivity index (χ1) is 5.66. The SMILES string of the molecule is CC1(CCCN)C=CC=C(N)C1. The number of allylic oxidation sites excluding steroid dienone is 4. The topological polar surface area (TPSA) is 52.0 Å². The summed E-state index contributed by atoms with van der Waals surface area (Å²) in [6.07, 6.45) is 9.45. The van der Waals surface area contributed by atoms with Crippen LogP contribution in [0.5, 0.6) is 0 Å². The van der Waals surface area contributed by atoms with Gasteiger partial charge in [-0.3, -0.25) is 0 Å². The quantitative estimate of drug-likeness (QED) is 0.668. The van der Waals surface area contributed by atoms with Crippen LogP contribution in [0.15, 0.2) is 23.9 Å². The van der Waals surface area contributed by atoms with Crippen molar-refractivity contribution < 1.29 is 0 Å². The van der Waals surface area contributed by atoms with E-state index in [4.69, 9.17) is 11.5 Å². The smallest absolute Gasteiger partial charge is 0.00889 e. The molecule has 1 rings (SSSR count). The van der Waals surface area contributed by atoms with E-state index < -0.39 is 0 Å². The van der Waals surface area contributed by atoms with Crippen LogP contribution in [0.1, 0.15) is 26.2 Å². The van der Waals surface area contributed by atoms with Crippen LogP contribution in [0.3, 0.4) is 0 Å². The van der Waals surface area contributed by atoms with Crippen LogP contribution in [0.25, 0.3) is 0 Å². The second-order valence-corrected chi connectivity index (χ2v) is 3.82. The maximum atomic E-state index is 5.76. The van der Waals surface area contributed by atoms with Crippen LogP contribution in [0, 0.1) is 5.41 Å². The summed E-state index contributed by atoms with van der Waals surface area (Å²) in [7, 11) is 0. The number of hydrogen-bond donors (Lipinski definition) is 2. The molecule has 68 valence electrons. The molecule has 0 heterocycles. The van der Waals surface area contributed by atoms with E-state index in [0.717, 1.165) is 31.5 Å². The third-order valence-electron chi connectivity index (χ3n) is 2.37. The summed E-state index contributed by atoms with van der Waals surface area (Å²) in [4.78, 5) is 0. The van der Waals surface area contributed by atoms with Gasteiger partial charge in [-0.05, 0) is 37.3 Å². The molecule has 1 aliphatic rings. The Hall–Kier alpha value is -0.760. The van der Waals surface area contributed by atoms with E-state index >= 15 is 0 Å². The lowest BCUT2D eigenvalue weighted by Crippen LogP contribution is -2.20. The van der Waals surface area contributed by atoms with Crippen LogP contribution in [0.4, 0.5) is 0 Å². The number of nitrogens with two attached hydrogens (primary N) is 2. The zero-order valence-corrected chi connectivity index (χ0v) is 7.72. The van der Waals surface area contributed by atoms with Gasteiger partial charge >= 0.3 is 0 Å². The normalized spacial score (nSPS) is 28.7. The molecule has 0 fully saturated rings. The van der Waals surface area contributed by atoms with Gasteiger partial charge in [-0.1, -0.05) is 19.1 Å². The fourth-order valence-corrected chi connectivity index (χ4v) is 1.67. The Kier molecular flexibility index (Phi) is 2.93. The summed E-state index contributed by atoms with van der Waals surface area (Å²) in [6, 6.07) is 0. The number of rotatable bonds is 3. The summed E-state index contributed by atoms with van der Waals surface area (Å²) in [6.45, 7) is 3.01. The predicted molar refractivity (Wildman–Crippen MR) is 52.4 cm³/mol. The van der Waals surface area contributed by atoms with Gasteiger partial charge in [-0.2, -0.15) is 0 Å². The standard InChI is InChI=1S/C10H18N2/c1-10(6-3-7-11)5-2-4-9(12)8-10/h2,4-5H,3,6-8,11-12H2,1H3. The minimum Gasteiger partial charge on any atom is -0.402 e. The van der Waals surface area contributed by atoms with Crippen molar-refractivity contribution in [3.8, 4) is 0 Å². The zero-order valence-electron chi connectivity index (χ0n) is 7.72. The molecule has 1 atom stereocenters. The molecule has 0 aliphatic heterocycles. The van der Waals surface area contributed by atoms with Gasteiger partial charge in [0, 0.05) is 5.70 Å². The summed E-state index contributed by atoms with van der Waals surface area (Å²) in [5.41, 5.74) is 12.5. The van der Waals surface area contributed by atoms with Crippen molar-refractivity contribution in [2.24, 2.45) is 16.9 Å². The fraction of sp³-hybridized carbons (Fsp3) is 0.600. The molecule has 1 aliphatic carbocycles. The van der Waals surface area contributed by atoms with Crippen LogP contribution in [-0.4, -0.2) is 6.54 Å². The van der Waals surface area contributed by atoms with Crippen LogP contribution >= 0.6 is 0 Å². The molecule has 4 N–H and O–H groups in total. The highest BCUT2D eigenvalue weighted by Gasteiger charge is 2.22. The third kappa shape index (κ3) is 2.38. The van der Waals surface area contributed by atoms with E-state index in [2.05, 4.69) is 19.1 Å². The number of hydrogen-bond acceptors (Lipinski definition) is 2. The highest BCUT2D eigenvalue weighted by atomic mass is 14.6. The average molecular weight is 166 g/mol. The van der Waals surface area contributed by atoms with Gasteiger partial charge in [-0.15, -0.1) is 0 Å². The maximum absolute atomic E-state index is 5.76. The van der Waals surface area contributed by atoms with E-state index in [1.165, 1.54) is 0 Å². The Labute approximate surface area is 74.3 Å². The lowest BCUT2D eigenvalue weighted by atomic mass is 9.78. The molecule has 0 aromatic heterocycles. The largest absolute Gasteiger partial charge is 0.402 e. The van der Waals surface area contributed by atoms with Crippen LogP contribution < -0.4 is 11.5 Å². The molecular formula is C10H18N2. The molecule has 2 nitrogen and oxygen atoms in total. The van der Waals surface area contributed by atoms with Gasteiger partial charge in [0.25, 0.3) is 0 Å². The first kappa shape index (κ1) is 9.33. The molecule has 12 heavy (non-hydrogen) atoms. The van der Waals surface area contributed by atoms with Gasteiger partial charge in [-0.25, -0.2) is 0 Å². The first-order valence-electron chi connectivity index (χ1n) is 4.50. The van der Waals surface area contributed by atoms with Gasteiger partial charge in [0.15, 0.2) is 0 Å². The van der Waals surface area contributed by atoms with Gasteiger partial charge in [0.2, 0.25) is 0 Å². The lowest BCUT2D eigenvalue weighted by molar-refractivity contribution is 0.373. The molecule has 0 bridgehead atoms. The predicted octanol–water partition coefficient (Wildman–Crippen LogP) is 1.53. The highest BCUT2D eigenvalue weighted by molar-refractivity contribution is 5.20. The van der Waals surface area contributed by atoms with Gasteiger partial charge in [0.05, 0.1) is 0 Å². The molecule has 0 aromatic carbocycles. The average Bonchev–Trinajstić information content (AvgIpc) is 2.01. The third-order valence-corrected chi connectivity index (χ3v) is 2.37. The molecule has 2 heteroatoms. The molecule has 0 saturated carbocycles. The van der Waals surface area contributed by atoms with Crippen molar-refractivity contribution in [1.82, 2.24) is 0 Å². The Bertz CT molecular complexity index is 206. The van der Waals surface area contributed by atoms with Gasteiger partial charge in [0.1, 0.15) is 0 Å². The Balaban J connectivity index is 2.51. The Morgan fingerprint density at radius 2 is 2.33 bits per heavy atom. The molecule has 1 unspecified atom stereocenters. The molecule has 0 radical (unpaired) electrons. The summed E-state index contributed by atoms with van der Waals surface area (Å²) < 4.78 is 0. The van der Waals surface area contributed by atoms with Crippen molar-refractivity contribution in [1.29, 1.82) is 0 Å². The molecular weight excluding hydrogens is 148 g/mol. The van der Waals surface area contributed by atoms with Crippen molar-refractivity contribution >= 4 is 0 Å². The second-order valence-electron chi connectivity index (χ2n) is 3.82. The van der Waals surface area contributed by atoms with Gasteiger partial charge < -0.3 is 11.5 Å². The monoisotopic (exact) mass is 166 g/mol. The maximum Gasteiger partial charge on any atom is 0.00889 e. The van der Waals surface area contributed by atoms with Crippen molar-refractivity contribution in [2.75, 3.05) is 6.54 Å². The Morgan fingerprint density at radius 3 is 2.92 bits per heavy atom. The van der Waals surface area contributed by atoms with E-state index in [0.29, 0.717) is 0 Å². The van der Waals surface area contributed by atoms with E-state index in [1.807, 2.05) is 6.08 Å². The summed E-state index contributed by atoms with van der Waals surface area (Å²) in [5, 5.41) is 0. The summed E-state index contributed by atoms with van der Waals surface area (Å²) in [5.74, 6) is 0. The molecule has 0 aromatic rings. The molecule has 0 saturated heterocycles. The highest BCUT2D eigenvalue weighted by Crippen LogP contribution is 2.33. The molecule has 0 spiro atoms. The van der Waals surface area contributed by atoms with Crippen molar-refractivity contribution in [3.63, 3.8) is 0 Å². The zero-order chi connectivity index (χ0) is 9.03. The second kappa shape index (κ2) is 3.76. The molecule has 0 amide bonds. The van der Waals surface area contributed by atoms with E-state index in [1.54, 1.807) is 0 Å². The minimum atomic E-state index is 0.248.